The molecular weight excluding hydrogens is 474 g/mol. The van der Waals surface area contributed by atoms with Gasteiger partial charge < -0.3 is 4.57 Å². The standard InChI is InChI=1S/C36H25N3/c1-24-11-10-12-25(21-24)31-22-26(38-32-17-6-2-13-27(32)28-14-3-7-18-33(28)38)23-36(37-31)39-34-19-8-4-15-29(34)30-16-5-9-20-35(30)39/h2-23H,1H3. The van der Waals surface area contributed by atoms with Gasteiger partial charge in [-0.05, 0) is 43.3 Å². The van der Waals surface area contributed by atoms with E-state index in [1.807, 2.05) is 0 Å². The highest BCUT2D eigenvalue weighted by atomic mass is 15.1. The van der Waals surface area contributed by atoms with Crippen molar-refractivity contribution in [2.75, 3.05) is 0 Å². The maximum Gasteiger partial charge on any atom is 0.140 e. The summed E-state index contributed by atoms with van der Waals surface area (Å²) < 4.78 is 4.68. The van der Waals surface area contributed by atoms with Gasteiger partial charge in [0, 0.05) is 33.2 Å². The number of hydrogen-bond acceptors (Lipinski definition) is 1. The first kappa shape index (κ1) is 21.9. The number of benzene rings is 5. The highest BCUT2D eigenvalue weighted by Gasteiger charge is 2.17. The zero-order chi connectivity index (χ0) is 25.9. The summed E-state index contributed by atoms with van der Waals surface area (Å²) in [5, 5.41) is 4.96. The van der Waals surface area contributed by atoms with Crippen LogP contribution in [-0.2, 0) is 0 Å². The van der Waals surface area contributed by atoms with E-state index in [0.29, 0.717) is 0 Å². The first-order valence-electron chi connectivity index (χ1n) is 13.3. The van der Waals surface area contributed by atoms with Crippen molar-refractivity contribution in [2.45, 2.75) is 6.92 Å². The molecular formula is C36H25N3. The van der Waals surface area contributed by atoms with Gasteiger partial charge in [0.2, 0.25) is 0 Å². The average molecular weight is 500 g/mol. The van der Waals surface area contributed by atoms with Crippen molar-refractivity contribution in [3.63, 3.8) is 0 Å². The van der Waals surface area contributed by atoms with Gasteiger partial charge in [0.15, 0.2) is 0 Å². The Kier molecular flexibility index (Phi) is 4.74. The molecule has 0 spiro atoms. The molecule has 8 rings (SSSR count). The van der Waals surface area contributed by atoms with Gasteiger partial charge in [-0.15, -0.1) is 0 Å². The van der Waals surface area contributed by atoms with Gasteiger partial charge in [0.1, 0.15) is 5.82 Å². The summed E-state index contributed by atoms with van der Waals surface area (Å²) in [6.07, 6.45) is 0. The van der Waals surface area contributed by atoms with E-state index in [1.165, 1.54) is 38.1 Å². The highest BCUT2D eigenvalue weighted by Crippen LogP contribution is 2.36. The van der Waals surface area contributed by atoms with Gasteiger partial charge in [-0.3, -0.25) is 4.57 Å². The smallest absolute Gasteiger partial charge is 0.140 e. The van der Waals surface area contributed by atoms with Crippen LogP contribution in [0, 0.1) is 6.92 Å². The lowest BCUT2D eigenvalue weighted by atomic mass is 10.1. The highest BCUT2D eigenvalue weighted by molar-refractivity contribution is 6.10. The van der Waals surface area contributed by atoms with Crippen LogP contribution >= 0.6 is 0 Å². The summed E-state index contributed by atoms with van der Waals surface area (Å²) in [4.78, 5) is 5.31. The fraction of sp³-hybridized carbons (Fsp3) is 0.0278. The number of hydrogen-bond donors (Lipinski definition) is 0. The molecule has 0 N–H and O–H groups in total. The van der Waals surface area contributed by atoms with Crippen LogP contribution in [0.3, 0.4) is 0 Å². The molecule has 0 saturated carbocycles. The van der Waals surface area contributed by atoms with Gasteiger partial charge in [-0.1, -0.05) is 96.6 Å². The van der Waals surface area contributed by atoms with Crippen molar-refractivity contribution in [1.29, 1.82) is 0 Å². The Labute approximate surface area is 226 Å². The zero-order valence-electron chi connectivity index (χ0n) is 21.5. The van der Waals surface area contributed by atoms with Crippen molar-refractivity contribution in [3.05, 3.63) is 139 Å². The van der Waals surface area contributed by atoms with E-state index in [-0.39, 0.29) is 0 Å². The molecule has 0 fully saturated rings. The molecule has 0 amide bonds. The van der Waals surface area contributed by atoms with Crippen molar-refractivity contribution in [1.82, 2.24) is 14.1 Å². The van der Waals surface area contributed by atoms with Crippen LogP contribution in [0.1, 0.15) is 5.56 Å². The Bertz CT molecular complexity index is 1960. The maximum atomic E-state index is 5.31. The third-order valence-corrected chi connectivity index (χ3v) is 7.76. The molecule has 0 atom stereocenters. The Morgan fingerprint density at radius 2 is 0.949 bits per heavy atom. The molecule has 3 heterocycles. The van der Waals surface area contributed by atoms with E-state index in [1.54, 1.807) is 0 Å². The number of aromatic nitrogens is 3. The molecule has 0 saturated heterocycles. The second kappa shape index (κ2) is 8.44. The van der Waals surface area contributed by atoms with Crippen molar-refractivity contribution < 1.29 is 0 Å². The summed E-state index contributed by atoms with van der Waals surface area (Å²) in [5.41, 5.74) is 9.06. The van der Waals surface area contributed by atoms with Crippen LogP contribution in [0.25, 0.3) is 66.4 Å². The van der Waals surface area contributed by atoms with Gasteiger partial charge in [-0.2, -0.15) is 0 Å². The van der Waals surface area contributed by atoms with Crippen molar-refractivity contribution >= 4 is 43.6 Å². The largest absolute Gasteiger partial charge is 0.309 e. The number of rotatable bonds is 3. The molecule has 39 heavy (non-hydrogen) atoms. The van der Waals surface area contributed by atoms with E-state index in [4.69, 9.17) is 4.98 Å². The molecule has 184 valence electrons. The zero-order valence-corrected chi connectivity index (χ0v) is 21.5. The lowest BCUT2D eigenvalue weighted by Gasteiger charge is -2.15. The molecule has 0 aliphatic heterocycles. The van der Waals surface area contributed by atoms with E-state index in [9.17, 15) is 0 Å². The van der Waals surface area contributed by atoms with Crippen LogP contribution in [0.2, 0.25) is 0 Å². The SMILES string of the molecule is Cc1cccc(-c2cc(-n3c4ccccc4c4ccccc43)cc(-n3c4ccccc4c4ccccc43)n2)c1. The minimum atomic E-state index is 0.906. The fourth-order valence-corrected chi connectivity index (χ4v) is 6.07. The summed E-state index contributed by atoms with van der Waals surface area (Å²) >= 11 is 0. The Morgan fingerprint density at radius 3 is 1.46 bits per heavy atom. The van der Waals surface area contributed by atoms with Crippen LogP contribution in [0.5, 0.6) is 0 Å². The molecule has 0 bridgehead atoms. The summed E-state index contributed by atoms with van der Waals surface area (Å²) in [6, 6.07) is 47.6. The second-order valence-corrected chi connectivity index (χ2v) is 10.2. The van der Waals surface area contributed by atoms with Crippen LogP contribution < -0.4 is 0 Å². The monoisotopic (exact) mass is 499 g/mol. The Hall–Kier alpha value is -5.15. The molecule has 0 aliphatic carbocycles. The lowest BCUT2D eigenvalue weighted by Crippen LogP contribution is -2.03. The summed E-state index contributed by atoms with van der Waals surface area (Å²) in [7, 11) is 0. The van der Waals surface area contributed by atoms with E-state index < -0.39 is 0 Å². The number of pyridine rings is 1. The first-order valence-corrected chi connectivity index (χ1v) is 13.3. The maximum absolute atomic E-state index is 5.31. The van der Waals surface area contributed by atoms with E-state index >= 15 is 0 Å². The molecule has 3 heteroatoms. The topological polar surface area (TPSA) is 22.8 Å². The predicted octanol–water partition coefficient (Wildman–Crippen LogP) is 9.25. The normalized spacial score (nSPS) is 11.7. The molecule has 5 aromatic carbocycles. The molecule has 0 unspecified atom stereocenters. The quantitative estimate of drug-likeness (QED) is 0.237. The van der Waals surface area contributed by atoms with Crippen LogP contribution in [0.4, 0.5) is 0 Å². The average Bonchev–Trinajstić information content (AvgIpc) is 3.50. The first-order chi connectivity index (χ1) is 19.3. The minimum Gasteiger partial charge on any atom is -0.309 e. The van der Waals surface area contributed by atoms with Gasteiger partial charge >= 0.3 is 0 Å². The molecule has 0 radical (unpaired) electrons. The number of para-hydroxylation sites is 4. The van der Waals surface area contributed by atoms with E-state index in [0.717, 1.165) is 33.8 Å². The van der Waals surface area contributed by atoms with E-state index in [2.05, 4.69) is 150 Å². The third kappa shape index (κ3) is 3.33. The Balaban J connectivity index is 1.51. The molecule has 8 aromatic rings. The van der Waals surface area contributed by atoms with Crippen molar-refractivity contribution in [2.24, 2.45) is 0 Å². The molecule has 0 aliphatic rings. The number of nitrogens with zero attached hydrogens (tertiary/aromatic N) is 3. The van der Waals surface area contributed by atoms with Gasteiger partial charge in [0.25, 0.3) is 0 Å². The van der Waals surface area contributed by atoms with Crippen molar-refractivity contribution in [3.8, 4) is 22.8 Å². The number of fused-ring (bicyclic) bond motifs is 6. The van der Waals surface area contributed by atoms with Crippen LogP contribution in [-0.4, -0.2) is 14.1 Å². The minimum absolute atomic E-state index is 0.906. The predicted molar refractivity (Wildman–Crippen MR) is 163 cm³/mol. The third-order valence-electron chi connectivity index (χ3n) is 7.76. The Morgan fingerprint density at radius 1 is 0.462 bits per heavy atom. The summed E-state index contributed by atoms with van der Waals surface area (Å²) in [6.45, 7) is 2.13. The molecule has 3 nitrogen and oxygen atoms in total. The lowest BCUT2D eigenvalue weighted by molar-refractivity contribution is 1.06. The van der Waals surface area contributed by atoms with Gasteiger partial charge in [0.05, 0.1) is 33.4 Å². The van der Waals surface area contributed by atoms with Gasteiger partial charge in [-0.25, -0.2) is 4.98 Å². The number of aryl methyl sites for hydroxylation is 1. The second-order valence-electron chi connectivity index (χ2n) is 10.2. The molecule has 3 aromatic heterocycles. The fourth-order valence-electron chi connectivity index (χ4n) is 6.07. The summed E-state index contributed by atoms with van der Waals surface area (Å²) in [5.74, 6) is 0.906. The van der Waals surface area contributed by atoms with Crippen LogP contribution in [0.15, 0.2) is 133 Å².